The first kappa shape index (κ1) is 47.1. The summed E-state index contributed by atoms with van der Waals surface area (Å²) in [5.41, 5.74) is -2.89. The molecule has 17 nitrogen and oxygen atoms in total. The van der Waals surface area contributed by atoms with Crippen molar-refractivity contribution >= 4 is 11.9 Å². The fourth-order valence-corrected chi connectivity index (χ4v) is 14.0. The van der Waals surface area contributed by atoms with Crippen LogP contribution >= 0.6 is 0 Å². The van der Waals surface area contributed by atoms with Crippen molar-refractivity contribution in [3.63, 3.8) is 0 Å². The van der Waals surface area contributed by atoms with Crippen molar-refractivity contribution < 1.29 is 84.3 Å². The van der Waals surface area contributed by atoms with Gasteiger partial charge in [-0.25, -0.2) is 0 Å². The Labute approximate surface area is 357 Å². The van der Waals surface area contributed by atoms with Crippen molar-refractivity contribution in [2.24, 2.45) is 50.2 Å². The summed E-state index contributed by atoms with van der Waals surface area (Å²) in [6.07, 6.45) is -10.9. The second-order valence-corrected chi connectivity index (χ2v) is 21.1. The molecule has 6 fully saturated rings. The zero-order chi connectivity index (χ0) is 44.8. The smallest absolute Gasteiger partial charge is 0.315 e. The van der Waals surface area contributed by atoms with Gasteiger partial charge in [-0.15, -0.1) is 0 Å². The van der Waals surface area contributed by atoms with Crippen LogP contribution in [-0.2, 0) is 33.3 Å². The molecule has 7 rings (SSSR count). The predicted octanol–water partition coefficient (Wildman–Crippen LogP) is -0.197. The Morgan fingerprint density at radius 3 is 1.92 bits per heavy atom. The molecule has 0 radical (unpaired) electrons. The zero-order valence-corrected chi connectivity index (χ0v) is 36.3. The zero-order valence-electron chi connectivity index (χ0n) is 36.3. The molecule has 5 aliphatic carbocycles. The van der Waals surface area contributed by atoms with Crippen LogP contribution in [0.5, 0.6) is 0 Å². The van der Waals surface area contributed by atoms with Gasteiger partial charge in [0, 0.05) is 17.8 Å². The Kier molecular flexibility index (Phi) is 12.8. The summed E-state index contributed by atoms with van der Waals surface area (Å²) in [6.45, 7) is 10.5. The lowest BCUT2D eigenvalue weighted by Crippen LogP contribution is -2.69. The molecular formula is C44H70O17. The minimum Gasteiger partial charge on any atom is -0.465 e. The highest BCUT2D eigenvalue weighted by Gasteiger charge is 2.71. The molecule has 17 heteroatoms. The molecule has 21 atom stereocenters. The maximum absolute atomic E-state index is 14.8. The van der Waals surface area contributed by atoms with Gasteiger partial charge in [0.05, 0.1) is 44.1 Å². The van der Waals surface area contributed by atoms with Crippen LogP contribution in [-0.4, -0.2) is 163 Å². The molecule has 0 aromatic heterocycles. The molecule has 0 unspecified atom stereocenters. The van der Waals surface area contributed by atoms with Crippen molar-refractivity contribution in [1.82, 2.24) is 0 Å². The molecule has 2 saturated heterocycles. The standard InChI is InChI=1S/C44H70O17/c1-21(48)57-20-39(2)11-13-44(38(56)61-37-34(55)32(53)30(51)26(18-46)59-37)14-12-42(5)22(23(44)15-39)7-8-28-40(3)16-24(49)35(41(4,19-47)27(40)9-10-43(28,42)6)60-36-33(54)31(52)29(50)25(17-45)58-36/h7,23-37,45-47,49-55H,8-20H2,1-6H3/t23-,24-,25+,26+,27+,28+,29+,30+,31-,32-,33+,34+,35-,36-,37-,39-,40-,41-,42+,43+,44-/m0/s1. The highest BCUT2D eigenvalue weighted by molar-refractivity contribution is 5.79. The molecule has 2 aliphatic heterocycles. The Balaban J connectivity index is 1.21. The van der Waals surface area contributed by atoms with Crippen LogP contribution in [0.3, 0.4) is 0 Å². The summed E-state index contributed by atoms with van der Waals surface area (Å²) in [7, 11) is 0. The molecule has 0 aromatic carbocycles. The van der Waals surface area contributed by atoms with Gasteiger partial charge in [0.15, 0.2) is 6.29 Å². The van der Waals surface area contributed by atoms with Crippen molar-refractivity contribution in [2.75, 3.05) is 26.4 Å². The maximum atomic E-state index is 14.8. The minimum absolute atomic E-state index is 0.00850. The number of fused-ring (bicyclic) bond motifs is 7. The summed E-state index contributed by atoms with van der Waals surface area (Å²) in [5, 5.41) is 106. The number of rotatable bonds is 9. The van der Waals surface area contributed by atoms with Crippen molar-refractivity contribution in [3.8, 4) is 0 Å². The number of carbonyl (C=O) groups is 2. The highest BCUT2D eigenvalue weighted by Crippen LogP contribution is 2.76. The molecular weight excluding hydrogens is 800 g/mol. The van der Waals surface area contributed by atoms with Crippen LogP contribution in [0.15, 0.2) is 11.6 Å². The van der Waals surface area contributed by atoms with Crippen LogP contribution in [0.4, 0.5) is 0 Å². The third-order valence-electron chi connectivity index (χ3n) is 17.8. The average molecular weight is 871 g/mol. The lowest BCUT2D eigenvalue weighted by atomic mass is 9.33. The number of aliphatic hydroxyl groups is 10. The lowest BCUT2D eigenvalue weighted by Gasteiger charge is -2.72. The summed E-state index contributed by atoms with van der Waals surface area (Å²) in [6, 6.07) is 0. The van der Waals surface area contributed by atoms with E-state index in [1.807, 2.05) is 6.92 Å². The van der Waals surface area contributed by atoms with Gasteiger partial charge in [-0.2, -0.15) is 0 Å². The van der Waals surface area contributed by atoms with Crippen molar-refractivity contribution in [1.29, 1.82) is 0 Å². The number of carbonyl (C=O) groups excluding carboxylic acids is 2. The van der Waals surface area contributed by atoms with Gasteiger partial charge in [-0.05, 0) is 91.8 Å². The van der Waals surface area contributed by atoms with E-state index in [2.05, 4.69) is 33.8 Å². The SMILES string of the molecule is CC(=O)OC[C@@]1(C)CC[C@]2(C(=O)O[C@@H]3O[C@H](CO)[C@@H](O)[C@H](O)[C@H]3O)CC[C@]3(C)C(=CC[C@@H]4[C@@]5(C)C[C@H](O)[C@H](O[C@@H]6O[C@H](CO)[C@@H](O)[C@H](O)[C@H]6O)[C@@](C)(CO)[C@@H]5CC[C@]43C)[C@@H]2C1. The van der Waals surface area contributed by atoms with Gasteiger partial charge in [0.2, 0.25) is 6.29 Å². The quantitative estimate of drug-likeness (QED) is 0.0816. The first-order valence-electron chi connectivity index (χ1n) is 22.1. The van der Waals surface area contributed by atoms with E-state index in [-0.39, 0.29) is 42.8 Å². The van der Waals surface area contributed by atoms with Crippen LogP contribution in [0.1, 0.15) is 99.3 Å². The second-order valence-electron chi connectivity index (χ2n) is 21.1. The van der Waals surface area contributed by atoms with Gasteiger partial charge < -0.3 is 74.7 Å². The van der Waals surface area contributed by atoms with E-state index in [0.29, 0.717) is 44.9 Å². The number of hydrogen-bond acceptors (Lipinski definition) is 17. The highest BCUT2D eigenvalue weighted by atomic mass is 16.7. The number of aliphatic hydroxyl groups excluding tert-OH is 10. The topological polar surface area (TPSA) is 283 Å². The van der Waals surface area contributed by atoms with E-state index in [1.165, 1.54) is 6.92 Å². The Morgan fingerprint density at radius 1 is 0.738 bits per heavy atom. The molecule has 0 aromatic rings. The Bertz CT molecular complexity index is 1680. The van der Waals surface area contributed by atoms with Crippen molar-refractivity contribution in [3.05, 3.63) is 11.6 Å². The first-order chi connectivity index (χ1) is 28.5. The molecule has 0 spiro atoms. The average Bonchev–Trinajstić information content (AvgIpc) is 3.21. The normalized spacial score (nSPS) is 53.3. The first-order valence-corrected chi connectivity index (χ1v) is 22.1. The molecule has 4 saturated carbocycles. The van der Waals surface area contributed by atoms with E-state index >= 15 is 0 Å². The van der Waals surface area contributed by atoms with E-state index in [4.69, 9.17) is 23.7 Å². The molecule has 2 heterocycles. The summed E-state index contributed by atoms with van der Waals surface area (Å²) in [5.74, 6) is -1.58. The predicted molar refractivity (Wildman–Crippen MR) is 211 cm³/mol. The Morgan fingerprint density at radius 2 is 1.33 bits per heavy atom. The van der Waals surface area contributed by atoms with Crippen LogP contribution in [0.2, 0.25) is 0 Å². The van der Waals surface area contributed by atoms with Gasteiger partial charge in [-0.3, -0.25) is 9.59 Å². The largest absolute Gasteiger partial charge is 0.465 e. The van der Waals surface area contributed by atoms with Gasteiger partial charge in [-0.1, -0.05) is 46.3 Å². The monoisotopic (exact) mass is 870 g/mol. The van der Waals surface area contributed by atoms with E-state index in [1.54, 1.807) is 0 Å². The van der Waals surface area contributed by atoms with Crippen molar-refractivity contribution in [2.45, 2.75) is 173 Å². The van der Waals surface area contributed by atoms with Crippen LogP contribution in [0, 0.1) is 50.2 Å². The van der Waals surface area contributed by atoms with E-state index in [0.717, 1.165) is 12.0 Å². The molecule has 0 amide bonds. The molecule has 61 heavy (non-hydrogen) atoms. The molecule has 348 valence electrons. The van der Waals surface area contributed by atoms with Gasteiger partial charge >= 0.3 is 11.9 Å². The Hall–Kier alpha value is -1.84. The maximum Gasteiger partial charge on any atom is 0.315 e. The number of esters is 2. The molecule has 10 N–H and O–H groups in total. The van der Waals surface area contributed by atoms with E-state index in [9.17, 15) is 60.7 Å². The van der Waals surface area contributed by atoms with Gasteiger partial charge in [0.1, 0.15) is 48.8 Å². The number of ether oxygens (including phenoxy) is 5. The van der Waals surface area contributed by atoms with Gasteiger partial charge in [0.25, 0.3) is 0 Å². The second kappa shape index (κ2) is 16.5. The number of allylic oxidation sites excluding steroid dienone is 2. The third kappa shape index (κ3) is 7.24. The minimum atomic E-state index is -1.76. The molecule has 7 aliphatic rings. The van der Waals surface area contributed by atoms with E-state index < -0.39 is 126 Å². The fourth-order valence-electron chi connectivity index (χ4n) is 14.0. The van der Waals surface area contributed by atoms with Crippen LogP contribution in [0.25, 0.3) is 0 Å². The summed E-state index contributed by atoms with van der Waals surface area (Å²) in [4.78, 5) is 26.8. The number of hydrogen-bond donors (Lipinski definition) is 10. The summed E-state index contributed by atoms with van der Waals surface area (Å²) >= 11 is 0. The fraction of sp³-hybridized carbons (Fsp3) is 0.909. The summed E-state index contributed by atoms with van der Waals surface area (Å²) < 4.78 is 29.2. The lowest BCUT2D eigenvalue weighted by molar-refractivity contribution is -0.345. The van der Waals surface area contributed by atoms with Crippen LogP contribution < -0.4 is 0 Å². The third-order valence-corrected chi connectivity index (χ3v) is 17.8. The molecule has 0 bridgehead atoms.